The van der Waals surface area contributed by atoms with Gasteiger partial charge < -0.3 is 19.8 Å². The minimum atomic E-state index is -3.60. The highest BCUT2D eigenvalue weighted by atomic mass is 31.2. The van der Waals surface area contributed by atoms with E-state index < -0.39 is 7.37 Å². The first-order valence-electron chi connectivity index (χ1n) is 4.98. The van der Waals surface area contributed by atoms with E-state index in [1.165, 1.54) is 6.66 Å². The van der Waals surface area contributed by atoms with Crippen molar-refractivity contribution in [3.8, 4) is 0 Å². The Bertz CT molecular complexity index is 585. The van der Waals surface area contributed by atoms with Gasteiger partial charge in [0.05, 0.1) is 18.4 Å². The molecule has 0 aliphatic carbocycles. The number of nitrogen functional groups attached to an aromatic ring is 1. The fourth-order valence-corrected chi connectivity index (χ4v) is 2.73. The van der Waals surface area contributed by atoms with E-state index in [1.54, 1.807) is 22.8 Å². The lowest BCUT2D eigenvalue weighted by molar-refractivity contribution is -0.170. The summed E-state index contributed by atoms with van der Waals surface area (Å²) in [5.41, 5.74) is 7.75. The van der Waals surface area contributed by atoms with E-state index in [-0.39, 0.29) is 5.57 Å². The SMILES string of the molecule is CCn1c(P(C)(=O)[O-])nc2cc(N)ccc21. The maximum absolute atomic E-state index is 11.6. The van der Waals surface area contributed by atoms with Gasteiger partial charge >= 0.3 is 0 Å². The van der Waals surface area contributed by atoms with Gasteiger partial charge in [-0.2, -0.15) is 0 Å². The van der Waals surface area contributed by atoms with Crippen molar-refractivity contribution in [2.45, 2.75) is 13.5 Å². The van der Waals surface area contributed by atoms with Crippen LogP contribution in [-0.4, -0.2) is 16.2 Å². The van der Waals surface area contributed by atoms with Crippen LogP contribution < -0.4 is 16.2 Å². The van der Waals surface area contributed by atoms with E-state index in [9.17, 15) is 9.46 Å². The van der Waals surface area contributed by atoms with Crippen LogP contribution in [0.15, 0.2) is 18.2 Å². The lowest BCUT2D eigenvalue weighted by Gasteiger charge is -2.17. The molecule has 1 unspecified atom stereocenters. The monoisotopic (exact) mass is 238 g/mol. The Kier molecular flexibility index (Phi) is 2.52. The van der Waals surface area contributed by atoms with E-state index >= 15 is 0 Å². The molecule has 86 valence electrons. The lowest BCUT2D eigenvalue weighted by Crippen LogP contribution is -2.24. The molecule has 0 aliphatic rings. The zero-order valence-corrected chi connectivity index (χ0v) is 10.1. The summed E-state index contributed by atoms with van der Waals surface area (Å²) in [7, 11) is -3.60. The van der Waals surface area contributed by atoms with E-state index in [4.69, 9.17) is 5.73 Å². The number of hydrogen-bond donors (Lipinski definition) is 1. The standard InChI is InChI=1S/C10H14N3O2P/c1-3-13-9-5-4-7(11)6-8(9)12-10(13)16(2,14)15/h4-6H,3,11H2,1-2H3,(H,14,15)/p-1. The van der Waals surface area contributed by atoms with Crippen LogP contribution in [0.4, 0.5) is 5.69 Å². The smallest absolute Gasteiger partial charge is 0.155 e. The molecule has 0 amide bonds. The van der Waals surface area contributed by atoms with Crippen molar-refractivity contribution < 1.29 is 9.46 Å². The molecule has 5 nitrogen and oxygen atoms in total. The fraction of sp³-hybridized carbons (Fsp3) is 0.300. The van der Waals surface area contributed by atoms with Crippen molar-refractivity contribution in [3.63, 3.8) is 0 Å². The Morgan fingerprint density at radius 1 is 1.56 bits per heavy atom. The highest BCUT2D eigenvalue weighted by molar-refractivity contribution is 7.63. The van der Waals surface area contributed by atoms with Crippen molar-refractivity contribution >= 4 is 29.7 Å². The first-order valence-corrected chi connectivity index (χ1v) is 7.05. The summed E-state index contributed by atoms with van der Waals surface area (Å²) in [6.45, 7) is 3.64. The molecule has 1 aromatic heterocycles. The molecule has 0 fully saturated rings. The molecule has 0 spiro atoms. The molecule has 0 aliphatic heterocycles. The Morgan fingerprint density at radius 3 is 2.81 bits per heavy atom. The Balaban J connectivity index is 2.81. The summed E-state index contributed by atoms with van der Waals surface area (Å²) in [5, 5.41) is 0. The average molecular weight is 238 g/mol. The van der Waals surface area contributed by atoms with Gasteiger partial charge in [-0.3, -0.25) is 0 Å². The summed E-state index contributed by atoms with van der Waals surface area (Å²) in [5.74, 6) is 0. The number of aromatic nitrogens is 2. The third-order valence-corrected chi connectivity index (χ3v) is 3.50. The molecular weight excluding hydrogens is 225 g/mol. The van der Waals surface area contributed by atoms with Crippen LogP contribution in [0.2, 0.25) is 0 Å². The first kappa shape index (κ1) is 11.2. The van der Waals surface area contributed by atoms with Crippen molar-refractivity contribution in [2.75, 3.05) is 12.4 Å². The van der Waals surface area contributed by atoms with E-state index in [2.05, 4.69) is 4.98 Å². The maximum atomic E-state index is 11.6. The Hall–Kier alpha value is -1.32. The van der Waals surface area contributed by atoms with Gasteiger partial charge in [0.25, 0.3) is 0 Å². The predicted octanol–water partition coefficient (Wildman–Crippen LogP) is 0.532. The molecule has 0 saturated heterocycles. The van der Waals surface area contributed by atoms with Crippen molar-refractivity contribution in [1.82, 2.24) is 9.55 Å². The van der Waals surface area contributed by atoms with Crippen LogP contribution in [0.1, 0.15) is 6.92 Å². The summed E-state index contributed by atoms with van der Waals surface area (Å²) in [6.07, 6.45) is 0. The molecule has 1 atom stereocenters. The third kappa shape index (κ3) is 1.72. The highest BCUT2D eigenvalue weighted by Crippen LogP contribution is 2.30. The molecule has 0 bridgehead atoms. The largest absolute Gasteiger partial charge is 0.794 e. The fourth-order valence-electron chi connectivity index (χ4n) is 1.76. The van der Waals surface area contributed by atoms with Gasteiger partial charge in [0.2, 0.25) is 0 Å². The Labute approximate surface area is 93.4 Å². The van der Waals surface area contributed by atoms with E-state index in [0.29, 0.717) is 17.7 Å². The Morgan fingerprint density at radius 2 is 2.25 bits per heavy atom. The van der Waals surface area contributed by atoms with Gasteiger partial charge in [0.15, 0.2) is 5.57 Å². The van der Waals surface area contributed by atoms with Crippen molar-refractivity contribution in [1.29, 1.82) is 0 Å². The van der Waals surface area contributed by atoms with Gasteiger partial charge in [0.1, 0.15) is 0 Å². The highest BCUT2D eigenvalue weighted by Gasteiger charge is 2.15. The summed E-state index contributed by atoms with van der Waals surface area (Å²) < 4.78 is 13.3. The molecule has 2 rings (SSSR count). The lowest BCUT2D eigenvalue weighted by atomic mass is 10.3. The summed E-state index contributed by atoms with van der Waals surface area (Å²) >= 11 is 0. The quantitative estimate of drug-likeness (QED) is 0.611. The topological polar surface area (TPSA) is 84.0 Å². The second-order valence-electron chi connectivity index (χ2n) is 3.75. The van der Waals surface area contributed by atoms with E-state index in [1.807, 2.05) is 6.92 Å². The summed E-state index contributed by atoms with van der Waals surface area (Å²) in [6, 6.07) is 5.21. The number of imidazole rings is 1. The number of anilines is 1. The number of aryl methyl sites for hydroxylation is 1. The number of fused-ring (bicyclic) bond motifs is 1. The molecular formula is C10H13N3O2P-. The number of benzene rings is 1. The number of nitrogens with zero attached hydrogens (tertiary/aromatic N) is 2. The molecule has 16 heavy (non-hydrogen) atoms. The van der Waals surface area contributed by atoms with Gasteiger partial charge in [-0.05, 0) is 31.8 Å². The van der Waals surface area contributed by atoms with Crippen LogP contribution in [0.3, 0.4) is 0 Å². The second-order valence-corrected chi connectivity index (χ2v) is 5.84. The predicted molar refractivity (Wildman–Crippen MR) is 63.0 cm³/mol. The zero-order chi connectivity index (χ0) is 11.9. The van der Waals surface area contributed by atoms with Crippen LogP contribution in [0.25, 0.3) is 11.0 Å². The molecule has 1 heterocycles. The van der Waals surface area contributed by atoms with Crippen LogP contribution in [0.5, 0.6) is 0 Å². The first-order chi connectivity index (χ1) is 7.43. The minimum Gasteiger partial charge on any atom is -0.794 e. The van der Waals surface area contributed by atoms with Crippen LogP contribution >= 0.6 is 7.37 Å². The molecule has 1 aromatic carbocycles. The summed E-state index contributed by atoms with van der Waals surface area (Å²) in [4.78, 5) is 15.7. The zero-order valence-electron chi connectivity index (χ0n) is 9.17. The van der Waals surface area contributed by atoms with Gasteiger partial charge in [0, 0.05) is 12.2 Å². The van der Waals surface area contributed by atoms with Crippen molar-refractivity contribution in [3.05, 3.63) is 18.2 Å². The van der Waals surface area contributed by atoms with E-state index in [0.717, 1.165) is 5.52 Å². The number of hydrogen-bond acceptors (Lipinski definition) is 4. The molecule has 0 saturated carbocycles. The second kappa shape index (κ2) is 3.61. The van der Waals surface area contributed by atoms with Gasteiger partial charge in [-0.25, -0.2) is 4.98 Å². The average Bonchev–Trinajstić information content (AvgIpc) is 2.54. The number of nitrogens with two attached hydrogens (primary N) is 1. The molecule has 0 radical (unpaired) electrons. The third-order valence-electron chi connectivity index (χ3n) is 2.43. The molecule has 2 N–H and O–H groups in total. The number of rotatable bonds is 2. The van der Waals surface area contributed by atoms with Crippen LogP contribution in [0, 0.1) is 0 Å². The normalized spacial score (nSPS) is 15.2. The van der Waals surface area contributed by atoms with Crippen LogP contribution in [-0.2, 0) is 11.1 Å². The maximum Gasteiger partial charge on any atom is 0.155 e. The van der Waals surface area contributed by atoms with Gasteiger partial charge in [-0.15, -0.1) is 0 Å². The van der Waals surface area contributed by atoms with Crippen molar-refractivity contribution in [2.24, 2.45) is 0 Å². The minimum absolute atomic E-state index is 0.121. The molecule has 2 aromatic rings. The molecule has 6 heteroatoms. The van der Waals surface area contributed by atoms with Gasteiger partial charge in [-0.1, -0.05) is 0 Å².